The largest absolute Gasteiger partial charge is 0.495 e. The van der Waals surface area contributed by atoms with Gasteiger partial charge in [0.15, 0.2) is 0 Å². The lowest BCUT2D eigenvalue weighted by Crippen LogP contribution is -2.15. The fraction of sp³-hybridized carbons (Fsp3) is 0.150. The summed E-state index contributed by atoms with van der Waals surface area (Å²) in [5.41, 5.74) is 2.55. The summed E-state index contributed by atoms with van der Waals surface area (Å²) in [5, 5.41) is 6.23. The molecule has 144 valence electrons. The predicted octanol–water partition coefficient (Wildman–Crippen LogP) is 4.45. The molecule has 0 unspecified atom stereocenters. The van der Waals surface area contributed by atoms with Gasteiger partial charge in [-0.15, -0.1) is 0 Å². The van der Waals surface area contributed by atoms with Gasteiger partial charge >= 0.3 is 0 Å². The van der Waals surface area contributed by atoms with Gasteiger partial charge in [0.2, 0.25) is 5.95 Å². The number of anilines is 3. The highest BCUT2D eigenvalue weighted by molar-refractivity contribution is 6.32. The second kappa shape index (κ2) is 8.58. The molecule has 1 aromatic heterocycles. The molecule has 0 radical (unpaired) electrons. The molecule has 3 rings (SSSR count). The van der Waals surface area contributed by atoms with Crippen molar-refractivity contribution in [2.75, 3.05) is 24.9 Å². The Morgan fingerprint density at radius 3 is 2.57 bits per heavy atom. The van der Waals surface area contributed by atoms with Crippen LogP contribution in [0.25, 0.3) is 0 Å². The van der Waals surface area contributed by atoms with Gasteiger partial charge in [-0.2, -0.15) is 0 Å². The van der Waals surface area contributed by atoms with Gasteiger partial charge in [-0.05, 0) is 30.7 Å². The molecule has 0 atom stereocenters. The summed E-state index contributed by atoms with van der Waals surface area (Å²) in [4.78, 5) is 21.1. The van der Waals surface area contributed by atoms with Crippen LogP contribution in [0.1, 0.15) is 16.1 Å². The molecule has 28 heavy (non-hydrogen) atoms. The van der Waals surface area contributed by atoms with E-state index in [1.807, 2.05) is 31.2 Å². The second-order valence-corrected chi connectivity index (χ2v) is 6.31. The first-order valence-corrected chi connectivity index (χ1v) is 8.77. The lowest BCUT2D eigenvalue weighted by atomic mass is 10.2. The SMILES string of the molecule is COc1cc(NC(=O)c2ccnc(Nc3cccc(C)c3)n2)c(OC)cc1Cl. The quantitative estimate of drug-likeness (QED) is 0.638. The number of benzene rings is 2. The average Bonchev–Trinajstić information content (AvgIpc) is 2.69. The Hall–Kier alpha value is -3.32. The number of nitrogens with zero attached hydrogens (tertiary/aromatic N) is 2. The van der Waals surface area contributed by atoms with Crippen LogP contribution in [0.15, 0.2) is 48.7 Å². The number of rotatable bonds is 6. The van der Waals surface area contributed by atoms with Crippen LogP contribution in [0.4, 0.5) is 17.3 Å². The Kier molecular flexibility index (Phi) is 5.96. The minimum Gasteiger partial charge on any atom is -0.495 e. The topological polar surface area (TPSA) is 85.4 Å². The smallest absolute Gasteiger partial charge is 0.274 e. The molecule has 2 aromatic carbocycles. The van der Waals surface area contributed by atoms with E-state index >= 15 is 0 Å². The third kappa shape index (κ3) is 4.50. The molecule has 0 saturated carbocycles. The number of carbonyl (C=O) groups is 1. The van der Waals surface area contributed by atoms with Crippen LogP contribution in [0, 0.1) is 6.92 Å². The molecule has 0 saturated heterocycles. The molecule has 3 aromatic rings. The summed E-state index contributed by atoms with van der Waals surface area (Å²) >= 11 is 6.10. The number of nitrogens with one attached hydrogen (secondary N) is 2. The van der Waals surface area contributed by atoms with E-state index in [9.17, 15) is 4.79 Å². The zero-order chi connectivity index (χ0) is 20.1. The minimum absolute atomic E-state index is 0.195. The van der Waals surface area contributed by atoms with Crippen LogP contribution in [0.2, 0.25) is 5.02 Å². The number of methoxy groups -OCH3 is 2. The van der Waals surface area contributed by atoms with Crippen LogP contribution >= 0.6 is 11.6 Å². The first-order valence-electron chi connectivity index (χ1n) is 8.39. The third-order valence-electron chi connectivity index (χ3n) is 3.88. The van der Waals surface area contributed by atoms with E-state index in [1.54, 1.807) is 12.1 Å². The van der Waals surface area contributed by atoms with Crippen LogP contribution in [0.5, 0.6) is 11.5 Å². The maximum Gasteiger partial charge on any atom is 0.274 e. The molecule has 1 heterocycles. The molecular weight excluding hydrogens is 380 g/mol. The van der Waals surface area contributed by atoms with Crippen molar-refractivity contribution in [3.63, 3.8) is 0 Å². The highest BCUT2D eigenvalue weighted by Gasteiger charge is 2.15. The Balaban J connectivity index is 1.82. The molecule has 0 fully saturated rings. The average molecular weight is 399 g/mol. The number of hydrogen-bond acceptors (Lipinski definition) is 6. The molecule has 2 N–H and O–H groups in total. The van der Waals surface area contributed by atoms with E-state index in [-0.39, 0.29) is 5.69 Å². The molecule has 1 amide bonds. The fourth-order valence-corrected chi connectivity index (χ4v) is 2.77. The standard InChI is InChI=1S/C20H19ClN4O3/c1-12-5-4-6-13(9-12)23-20-22-8-7-15(25-20)19(26)24-16-11-17(27-2)14(21)10-18(16)28-3/h4-11H,1-3H3,(H,24,26)(H,22,23,25). The van der Waals surface area contributed by atoms with E-state index in [0.717, 1.165) is 11.3 Å². The van der Waals surface area contributed by atoms with Gasteiger partial charge in [0.25, 0.3) is 5.91 Å². The van der Waals surface area contributed by atoms with Crippen molar-refractivity contribution in [2.45, 2.75) is 6.92 Å². The van der Waals surface area contributed by atoms with Crippen molar-refractivity contribution in [3.05, 3.63) is 64.9 Å². The summed E-state index contributed by atoms with van der Waals surface area (Å²) in [7, 11) is 2.98. The second-order valence-electron chi connectivity index (χ2n) is 5.90. The normalized spacial score (nSPS) is 10.3. The molecule has 0 aliphatic rings. The summed E-state index contributed by atoms with van der Waals surface area (Å²) in [6.45, 7) is 1.99. The van der Waals surface area contributed by atoms with Gasteiger partial charge in [0.05, 0.1) is 24.9 Å². The molecule has 8 heteroatoms. The van der Waals surface area contributed by atoms with Crippen LogP contribution < -0.4 is 20.1 Å². The maximum atomic E-state index is 12.7. The Morgan fingerprint density at radius 2 is 1.86 bits per heavy atom. The lowest BCUT2D eigenvalue weighted by Gasteiger charge is -2.13. The van der Waals surface area contributed by atoms with E-state index in [2.05, 4.69) is 20.6 Å². The van der Waals surface area contributed by atoms with Gasteiger partial charge < -0.3 is 20.1 Å². The molecule has 0 spiro atoms. The first kappa shape index (κ1) is 19.4. The first-order chi connectivity index (χ1) is 13.5. The Morgan fingerprint density at radius 1 is 1.07 bits per heavy atom. The number of aromatic nitrogens is 2. The maximum absolute atomic E-state index is 12.7. The van der Waals surface area contributed by atoms with Gasteiger partial charge in [-0.25, -0.2) is 9.97 Å². The van der Waals surface area contributed by atoms with Crippen molar-refractivity contribution in [3.8, 4) is 11.5 Å². The van der Waals surface area contributed by atoms with Crippen LogP contribution in [0.3, 0.4) is 0 Å². The number of hydrogen-bond donors (Lipinski definition) is 2. The zero-order valence-electron chi connectivity index (χ0n) is 15.6. The van der Waals surface area contributed by atoms with Gasteiger partial charge in [-0.3, -0.25) is 4.79 Å². The lowest BCUT2D eigenvalue weighted by molar-refractivity contribution is 0.102. The van der Waals surface area contributed by atoms with Crippen molar-refractivity contribution in [2.24, 2.45) is 0 Å². The molecule has 0 bridgehead atoms. The molecule has 0 aliphatic heterocycles. The molecular formula is C20H19ClN4O3. The van der Waals surface area contributed by atoms with Crippen molar-refractivity contribution < 1.29 is 14.3 Å². The van der Waals surface area contributed by atoms with Gasteiger partial charge in [0, 0.05) is 24.0 Å². The van der Waals surface area contributed by atoms with Crippen molar-refractivity contribution >= 4 is 34.8 Å². The number of aryl methyl sites for hydroxylation is 1. The highest BCUT2D eigenvalue weighted by atomic mass is 35.5. The van der Waals surface area contributed by atoms with Crippen LogP contribution in [-0.4, -0.2) is 30.1 Å². The van der Waals surface area contributed by atoms with E-state index < -0.39 is 5.91 Å². The highest BCUT2D eigenvalue weighted by Crippen LogP contribution is 2.36. The van der Waals surface area contributed by atoms with Gasteiger partial charge in [-0.1, -0.05) is 23.7 Å². The summed E-state index contributed by atoms with van der Waals surface area (Å²) in [5.74, 6) is 0.727. The monoisotopic (exact) mass is 398 g/mol. The number of ether oxygens (including phenoxy) is 2. The summed E-state index contributed by atoms with van der Waals surface area (Å²) < 4.78 is 10.5. The number of amides is 1. The van der Waals surface area contributed by atoms with E-state index in [0.29, 0.717) is 28.2 Å². The number of halogens is 1. The predicted molar refractivity (Wildman–Crippen MR) is 109 cm³/mol. The fourth-order valence-electron chi connectivity index (χ4n) is 2.54. The zero-order valence-corrected chi connectivity index (χ0v) is 16.4. The minimum atomic E-state index is -0.419. The van der Waals surface area contributed by atoms with Crippen molar-refractivity contribution in [1.29, 1.82) is 0 Å². The van der Waals surface area contributed by atoms with Crippen LogP contribution in [-0.2, 0) is 0 Å². The van der Waals surface area contributed by atoms with Crippen molar-refractivity contribution in [1.82, 2.24) is 9.97 Å². The Labute approximate surface area is 167 Å². The van der Waals surface area contributed by atoms with E-state index in [1.165, 1.54) is 26.5 Å². The number of carbonyl (C=O) groups excluding carboxylic acids is 1. The van der Waals surface area contributed by atoms with Gasteiger partial charge in [0.1, 0.15) is 17.2 Å². The molecule has 0 aliphatic carbocycles. The summed E-state index contributed by atoms with van der Waals surface area (Å²) in [6.07, 6.45) is 1.51. The van der Waals surface area contributed by atoms with E-state index in [4.69, 9.17) is 21.1 Å². The third-order valence-corrected chi connectivity index (χ3v) is 4.18. The molecule has 7 nitrogen and oxygen atoms in total. The summed E-state index contributed by atoms with van der Waals surface area (Å²) in [6, 6.07) is 12.5. The Bertz CT molecular complexity index is 1010.